The molecule has 0 aromatic carbocycles. The SMILES string of the molecule is CCCCCCCCCCCCCCCCCCC(O)C(CO)NC(=O)CCC/C=C\CCCCCCOC(=O)CCCCCCCCCCCCCCCC. The number of hydrogen-bond donors (Lipinski definition) is 3. The second kappa shape index (κ2) is 46.3. The van der Waals surface area contributed by atoms with Crippen molar-refractivity contribution in [1.82, 2.24) is 5.32 Å². The Morgan fingerprint density at radius 1 is 0.482 bits per heavy atom. The average molecular weight is 792 g/mol. The van der Waals surface area contributed by atoms with E-state index in [2.05, 4.69) is 31.3 Å². The van der Waals surface area contributed by atoms with E-state index in [1.807, 2.05) is 0 Å². The van der Waals surface area contributed by atoms with E-state index in [-0.39, 0.29) is 18.5 Å². The molecule has 0 rings (SSSR count). The van der Waals surface area contributed by atoms with Gasteiger partial charge in [0, 0.05) is 12.8 Å². The maximum atomic E-state index is 12.4. The molecule has 0 bridgehead atoms. The molecule has 0 heterocycles. The van der Waals surface area contributed by atoms with E-state index >= 15 is 0 Å². The first-order valence-electron chi connectivity index (χ1n) is 24.9. The van der Waals surface area contributed by atoms with E-state index in [0.29, 0.717) is 25.9 Å². The van der Waals surface area contributed by atoms with Crippen molar-refractivity contribution in [1.29, 1.82) is 0 Å². The minimum Gasteiger partial charge on any atom is -0.466 e. The summed E-state index contributed by atoms with van der Waals surface area (Å²) in [6.45, 7) is 4.87. The molecule has 0 saturated heterocycles. The number of esters is 1. The van der Waals surface area contributed by atoms with Gasteiger partial charge in [0.1, 0.15) is 0 Å². The summed E-state index contributed by atoms with van der Waals surface area (Å²) < 4.78 is 5.44. The van der Waals surface area contributed by atoms with E-state index in [0.717, 1.165) is 70.6 Å². The summed E-state index contributed by atoms with van der Waals surface area (Å²) in [7, 11) is 0. The number of allylic oxidation sites excluding steroid dienone is 2. The molecule has 1 amide bonds. The number of carbonyl (C=O) groups excluding carboxylic acids is 2. The fourth-order valence-corrected chi connectivity index (χ4v) is 7.70. The van der Waals surface area contributed by atoms with Gasteiger partial charge in [-0.25, -0.2) is 0 Å². The lowest BCUT2D eigenvalue weighted by molar-refractivity contribution is -0.143. The molecule has 2 unspecified atom stereocenters. The fourth-order valence-electron chi connectivity index (χ4n) is 7.70. The number of hydrogen-bond acceptors (Lipinski definition) is 5. The molecule has 0 aliphatic rings. The van der Waals surface area contributed by atoms with E-state index in [9.17, 15) is 19.8 Å². The predicted octanol–water partition coefficient (Wildman–Crippen LogP) is 14.6. The highest BCUT2D eigenvalue weighted by molar-refractivity contribution is 5.76. The van der Waals surface area contributed by atoms with Crippen molar-refractivity contribution in [3.8, 4) is 0 Å². The Morgan fingerprint density at radius 2 is 0.857 bits per heavy atom. The Bertz CT molecular complexity index is 832. The van der Waals surface area contributed by atoms with Crippen LogP contribution in [0.1, 0.15) is 271 Å². The van der Waals surface area contributed by atoms with Gasteiger partial charge in [-0.05, 0) is 44.9 Å². The molecule has 0 fully saturated rings. The number of ether oxygens (including phenoxy) is 1. The van der Waals surface area contributed by atoms with Crippen LogP contribution in [0, 0.1) is 0 Å². The molecule has 0 aromatic heterocycles. The molecule has 0 aromatic rings. The highest BCUT2D eigenvalue weighted by Gasteiger charge is 2.20. The number of aliphatic hydroxyl groups is 2. The standard InChI is InChI=1S/C50H97NO5/c1-3-5-7-9-11-13-15-17-19-20-21-23-26-30-34-38-42-48(53)47(46-52)51-49(54)43-39-35-31-27-25-29-33-37-41-45-56-50(55)44-40-36-32-28-24-22-18-16-14-12-10-8-6-4-2/h27,31,47-48,52-53H,3-26,28-30,32-46H2,1-2H3,(H,51,54)/b31-27-. The first-order valence-corrected chi connectivity index (χ1v) is 24.9. The molecule has 0 aliphatic carbocycles. The second-order valence-electron chi connectivity index (χ2n) is 17.1. The van der Waals surface area contributed by atoms with E-state index in [4.69, 9.17) is 4.74 Å². The first kappa shape index (κ1) is 54.6. The topological polar surface area (TPSA) is 95.9 Å². The lowest BCUT2D eigenvalue weighted by Crippen LogP contribution is -2.45. The highest BCUT2D eigenvalue weighted by atomic mass is 16.5. The van der Waals surface area contributed by atoms with Crippen LogP contribution in [0.4, 0.5) is 0 Å². The van der Waals surface area contributed by atoms with Gasteiger partial charge in [-0.1, -0.05) is 225 Å². The van der Waals surface area contributed by atoms with Crippen molar-refractivity contribution < 1.29 is 24.5 Å². The van der Waals surface area contributed by atoms with E-state index in [1.165, 1.54) is 167 Å². The van der Waals surface area contributed by atoms with E-state index in [1.54, 1.807) is 0 Å². The average Bonchev–Trinajstić information content (AvgIpc) is 3.20. The van der Waals surface area contributed by atoms with Crippen LogP contribution in [0.25, 0.3) is 0 Å². The maximum absolute atomic E-state index is 12.4. The number of nitrogens with one attached hydrogen (secondary N) is 1. The predicted molar refractivity (Wildman–Crippen MR) is 241 cm³/mol. The Balaban J connectivity index is 3.53. The summed E-state index contributed by atoms with van der Waals surface area (Å²) in [5.41, 5.74) is 0. The molecule has 332 valence electrons. The molecule has 0 aliphatic heterocycles. The molecule has 0 saturated carbocycles. The summed E-state index contributed by atoms with van der Waals surface area (Å²) in [6.07, 6.45) is 51.8. The minimum atomic E-state index is -0.693. The normalized spacial score (nSPS) is 12.7. The van der Waals surface area contributed by atoms with Crippen molar-refractivity contribution in [2.45, 2.75) is 283 Å². The Hall–Kier alpha value is -1.40. The number of rotatable bonds is 46. The van der Waals surface area contributed by atoms with Crippen molar-refractivity contribution >= 4 is 11.9 Å². The van der Waals surface area contributed by atoms with Crippen LogP contribution in [0.2, 0.25) is 0 Å². The van der Waals surface area contributed by atoms with Crippen LogP contribution in [0.15, 0.2) is 12.2 Å². The van der Waals surface area contributed by atoms with Crippen LogP contribution in [-0.4, -0.2) is 47.4 Å². The van der Waals surface area contributed by atoms with Gasteiger partial charge in [-0.2, -0.15) is 0 Å². The molecular formula is C50H97NO5. The highest BCUT2D eigenvalue weighted by Crippen LogP contribution is 2.16. The summed E-state index contributed by atoms with van der Waals surface area (Å²) in [5.74, 6) is -0.127. The second-order valence-corrected chi connectivity index (χ2v) is 17.1. The fraction of sp³-hybridized carbons (Fsp3) is 0.920. The van der Waals surface area contributed by atoms with Crippen molar-refractivity contribution in [3.05, 3.63) is 12.2 Å². The van der Waals surface area contributed by atoms with Gasteiger partial charge in [-0.15, -0.1) is 0 Å². The zero-order chi connectivity index (χ0) is 40.8. The third-order valence-electron chi connectivity index (χ3n) is 11.6. The zero-order valence-electron chi connectivity index (χ0n) is 37.6. The van der Waals surface area contributed by atoms with Gasteiger partial charge in [0.2, 0.25) is 5.91 Å². The van der Waals surface area contributed by atoms with Crippen molar-refractivity contribution in [2.24, 2.45) is 0 Å². The van der Waals surface area contributed by atoms with Gasteiger partial charge >= 0.3 is 5.97 Å². The summed E-state index contributed by atoms with van der Waals surface area (Å²) in [4.78, 5) is 24.4. The van der Waals surface area contributed by atoms with Crippen LogP contribution in [0.3, 0.4) is 0 Å². The smallest absolute Gasteiger partial charge is 0.305 e. The van der Waals surface area contributed by atoms with Crippen molar-refractivity contribution in [2.75, 3.05) is 13.2 Å². The van der Waals surface area contributed by atoms with Gasteiger partial charge < -0.3 is 20.3 Å². The van der Waals surface area contributed by atoms with Gasteiger partial charge in [0.25, 0.3) is 0 Å². The zero-order valence-corrected chi connectivity index (χ0v) is 37.6. The molecule has 6 heteroatoms. The summed E-state index contributed by atoms with van der Waals surface area (Å²) >= 11 is 0. The Kier molecular flexibility index (Phi) is 45.1. The van der Waals surface area contributed by atoms with Gasteiger partial charge in [-0.3, -0.25) is 9.59 Å². The number of carbonyl (C=O) groups is 2. The monoisotopic (exact) mass is 792 g/mol. The van der Waals surface area contributed by atoms with Crippen LogP contribution in [-0.2, 0) is 14.3 Å². The molecule has 6 nitrogen and oxygen atoms in total. The Labute approximate surface area is 349 Å². The third-order valence-corrected chi connectivity index (χ3v) is 11.6. The quantitative estimate of drug-likeness (QED) is 0.0324. The number of amides is 1. The Morgan fingerprint density at radius 3 is 1.30 bits per heavy atom. The summed E-state index contributed by atoms with van der Waals surface area (Å²) in [6, 6.07) is -0.577. The molecule has 56 heavy (non-hydrogen) atoms. The largest absolute Gasteiger partial charge is 0.466 e. The van der Waals surface area contributed by atoms with Gasteiger partial charge in [0.05, 0.1) is 25.4 Å². The van der Waals surface area contributed by atoms with Crippen LogP contribution in [0.5, 0.6) is 0 Å². The molecule has 0 radical (unpaired) electrons. The molecular weight excluding hydrogens is 695 g/mol. The van der Waals surface area contributed by atoms with Gasteiger partial charge in [0.15, 0.2) is 0 Å². The molecule has 0 spiro atoms. The lowest BCUT2D eigenvalue weighted by atomic mass is 10.0. The lowest BCUT2D eigenvalue weighted by Gasteiger charge is -2.22. The molecule has 3 N–H and O–H groups in total. The van der Waals surface area contributed by atoms with Crippen LogP contribution >= 0.6 is 0 Å². The molecule has 2 atom stereocenters. The minimum absolute atomic E-state index is 0.0332. The first-order chi connectivity index (χ1) is 27.5. The summed E-state index contributed by atoms with van der Waals surface area (Å²) in [5, 5.41) is 23.2. The van der Waals surface area contributed by atoms with Crippen molar-refractivity contribution in [3.63, 3.8) is 0 Å². The maximum Gasteiger partial charge on any atom is 0.305 e. The number of aliphatic hydroxyl groups excluding tert-OH is 2. The third kappa shape index (κ3) is 42.2. The van der Waals surface area contributed by atoms with E-state index < -0.39 is 12.1 Å². The van der Waals surface area contributed by atoms with Crippen LogP contribution < -0.4 is 5.32 Å². The number of unbranched alkanes of at least 4 members (excludes halogenated alkanes) is 33.